The van der Waals surface area contributed by atoms with Gasteiger partial charge in [-0.3, -0.25) is 0 Å². The maximum absolute atomic E-state index is 3.85. The Hall–Kier alpha value is -2.22. The van der Waals surface area contributed by atoms with Crippen LogP contribution in [0.1, 0.15) is 70.7 Å². The van der Waals surface area contributed by atoms with E-state index in [4.69, 9.17) is 0 Å². The first kappa shape index (κ1) is 18.6. The van der Waals surface area contributed by atoms with Crippen LogP contribution < -0.4 is 10.6 Å². The van der Waals surface area contributed by atoms with Gasteiger partial charge in [-0.15, -0.1) is 0 Å². The quantitative estimate of drug-likeness (QED) is 0.620. The number of aryl methyl sites for hydroxylation is 1. The molecule has 0 amide bonds. The molecule has 2 N–H and O–H groups in total. The molecule has 0 radical (unpaired) electrons. The Balaban J connectivity index is 2.01. The lowest BCUT2D eigenvalue weighted by molar-refractivity contribution is 0.571. The van der Waals surface area contributed by atoms with Gasteiger partial charge < -0.3 is 10.6 Å². The molecular formula is C24H32N2. The molecule has 0 bridgehead atoms. The van der Waals surface area contributed by atoms with Gasteiger partial charge >= 0.3 is 0 Å². The van der Waals surface area contributed by atoms with E-state index in [1.807, 2.05) is 0 Å². The van der Waals surface area contributed by atoms with Gasteiger partial charge in [-0.25, -0.2) is 0 Å². The van der Waals surface area contributed by atoms with E-state index in [2.05, 4.69) is 94.6 Å². The van der Waals surface area contributed by atoms with E-state index in [1.165, 1.54) is 39.2 Å². The lowest BCUT2D eigenvalue weighted by atomic mass is 9.79. The fourth-order valence-corrected chi connectivity index (χ4v) is 3.92. The zero-order valence-electron chi connectivity index (χ0n) is 17.0. The molecule has 1 aliphatic rings. The first-order valence-electron chi connectivity index (χ1n) is 9.84. The maximum Gasteiger partial charge on any atom is 0.0558 e. The minimum Gasteiger partial charge on any atom is -0.378 e. The van der Waals surface area contributed by atoms with Crippen LogP contribution in [0.15, 0.2) is 48.0 Å². The first-order chi connectivity index (χ1) is 12.4. The van der Waals surface area contributed by atoms with E-state index in [0.29, 0.717) is 0 Å². The highest BCUT2D eigenvalue weighted by molar-refractivity contribution is 5.86. The third kappa shape index (κ3) is 3.25. The molecule has 1 aliphatic heterocycles. The average Bonchev–Trinajstić information content (AvgIpc) is 2.67. The van der Waals surface area contributed by atoms with Crippen molar-refractivity contribution in [1.82, 2.24) is 0 Å². The van der Waals surface area contributed by atoms with E-state index < -0.39 is 0 Å². The molecule has 0 aromatic heterocycles. The maximum atomic E-state index is 3.85. The van der Waals surface area contributed by atoms with Gasteiger partial charge in [-0.2, -0.15) is 0 Å². The van der Waals surface area contributed by atoms with Crippen molar-refractivity contribution in [3.63, 3.8) is 0 Å². The van der Waals surface area contributed by atoms with Gasteiger partial charge in [0.2, 0.25) is 0 Å². The SMILES string of the molecule is CCc1cc(NC(C)c2ccccc2)cc2c1NC(C)(CC)C(C)=C2C. The second-order valence-electron chi connectivity index (χ2n) is 7.75. The van der Waals surface area contributed by atoms with Crippen molar-refractivity contribution in [3.8, 4) is 0 Å². The number of allylic oxidation sites excluding steroid dienone is 1. The van der Waals surface area contributed by atoms with Crippen molar-refractivity contribution in [1.29, 1.82) is 0 Å². The van der Waals surface area contributed by atoms with Crippen molar-refractivity contribution < 1.29 is 0 Å². The number of anilines is 2. The molecule has 26 heavy (non-hydrogen) atoms. The van der Waals surface area contributed by atoms with Crippen molar-refractivity contribution >= 4 is 16.9 Å². The Labute approximate surface area is 158 Å². The molecule has 0 saturated carbocycles. The molecule has 1 heterocycles. The highest BCUT2D eigenvalue weighted by atomic mass is 15.0. The largest absolute Gasteiger partial charge is 0.378 e. The zero-order chi connectivity index (χ0) is 18.9. The molecule has 2 nitrogen and oxygen atoms in total. The van der Waals surface area contributed by atoms with Crippen molar-refractivity contribution in [3.05, 3.63) is 64.7 Å². The topological polar surface area (TPSA) is 24.1 Å². The van der Waals surface area contributed by atoms with E-state index in [9.17, 15) is 0 Å². The minimum absolute atomic E-state index is 0.0489. The van der Waals surface area contributed by atoms with Crippen LogP contribution in [-0.2, 0) is 6.42 Å². The van der Waals surface area contributed by atoms with Crippen LogP contribution in [-0.4, -0.2) is 5.54 Å². The fourth-order valence-electron chi connectivity index (χ4n) is 3.92. The summed E-state index contributed by atoms with van der Waals surface area (Å²) in [6.07, 6.45) is 2.11. The van der Waals surface area contributed by atoms with Crippen LogP contribution in [0.5, 0.6) is 0 Å². The molecule has 2 unspecified atom stereocenters. The molecule has 2 atom stereocenters. The molecule has 0 aliphatic carbocycles. The summed E-state index contributed by atoms with van der Waals surface area (Å²) >= 11 is 0. The number of benzene rings is 2. The van der Waals surface area contributed by atoms with Gasteiger partial charge in [0.25, 0.3) is 0 Å². The van der Waals surface area contributed by atoms with Gasteiger partial charge in [-0.05, 0) is 74.9 Å². The van der Waals surface area contributed by atoms with Crippen LogP contribution >= 0.6 is 0 Å². The Morgan fingerprint density at radius 2 is 1.77 bits per heavy atom. The lowest BCUT2D eigenvalue weighted by Crippen LogP contribution is -2.39. The van der Waals surface area contributed by atoms with Crippen molar-refractivity contribution in [2.75, 3.05) is 10.6 Å². The van der Waals surface area contributed by atoms with Crippen LogP contribution in [0.3, 0.4) is 0 Å². The molecule has 2 aromatic rings. The van der Waals surface area contributed by atoms with Crippen LogP contribution in [0, 0.1) is 0 Å². The summed E-state index contributed by atoms with van der Waals surface area (Å²) < 4.78 is 0. The van der Waals surface area contributed by atoms with Crippen LogP contribution in [0.4, 0.5) is 11.4 Å². The van der Waals surface area contributed by atoms with Crippen LogP contribution in [0.2, 0.25) is 0 Å². The standard InChI is InChI=1S/C24H32N2/c1-7-19-14-21(25-18(5)20-12-10-9-11-13-20)15-22-16(3)17(4)24(6,8-2)26-23(19)22/h9-15,18,25-26H,7-8H2,1-6H3. The molecule has 2 aromatic carbocycles. The van der Waals surface area contributed by atoms with E-state index in [1.54, 1.807) is 0 Å². The highest BCUT2D eigenvalue weighted by Gasteiger charge is 2.32. The second kappa shape index (κ2) is 7.19. The normalized spacial score (nSPS) is 20.4. The summed E-state index contributed by atoms with van der Waals surface area (Å²) in [6.45, 7) is 13.6. The smallest absolute Gasteiger partial charge is 0.0558 e. The fraction of sp³-hybridized carbons (Fsp3) is 0.417. The van der Waals surface area contributed by atoms with Crippen LogP contribution in [0.25, 0.3) is 5.57 Å². The summed E-state index contributed by atoms with van der Waals surface area (Å²) in [5, 5.41) is 7.55. The summed E-state index contributed by atoms with van der Waals surface area (Å²) in [5.74, 6) is 0. The van der Waals surface area contributed by atoms with Gasteiger partial charge in [0.15, 0.2) is 0 Å². The first-order valence-corrected chi connectivity index (χ1v) is 9.84. The zero-order valence-corrected chi connectivity index (χ0v) is 17.0. The van der Waals surface area contributed by atoms with Gasteiger partial charge in [0.05, 0.1) is 5.54 Å². The third-order valence-electron chi connectivity index (χ3n) is 6.19. The molecule has 0 saturated heterocycles. The highest BCUT2D eigenvalue weighted by Crippen LogP contribution is 2.43. The molecule has 138 valence electrons. The number of hydrogen-bond acceptors (Lipinski definition) is 2. The average molecular weight is 349 g/mol. The predicted octanol–water partition coefficient (Wildman–Crippen LogP) is 6.81. The molecule has 3 rings (SSSR count). The van der Waals surface area contributed by atoms with Crippen molar-refractivity contribution in [2.24, 2.45) is 0 Å². The minimum atomic E-state index is 0.0489. The summed E-state index contributed by atoms with van der Waals surface area (Å²) in [6, 6.07) is 15.5. The Kier molecular flexibility index (Phi) is 5.13. The Morgan fingerprint density at radius 1 is 1.08 bits per heavy atom. The van der Waals surface area contributed by atoms with E-state index in [0.717, 1.165) is 12.8 Å². The van der Waals surface area contributed by atoms with E-state index >= 15 is 0 Å². The predicted molar refractivity (Wildman–Crippen MR) is 115 cm³/mol. The van der Waals surface area contributed by atoms with Gasteiger partial charge in [0.1, 0.15) is 0 Å². The van der Waals surface area contributed by atoms with Gasteiger partial charge in [0, 0.05) is 23.0 Å². The molecule has 0 spiro atoms. The lowest BCUT2D eigenvalue weighted by Gasteiger charge is -2.40. The molecule has 2 heteroatoms. The van der Waals surface area contributed by atoms with Gasteiger partial charge in [-0.1, -0.05) is 44.2 Å². The summed E-state index contributed by atoms with van der Waals surface area (Å²) in [5.41, 5.74) is 9.46. The number of hydrogen-bond donors (Lipinski definition) is 2. The third-order valence-corrected chi connectivity index (χ3v) is 6.19. The molecule has 0 fully saturated rings. The Bertz CT molecular complexity index is 820. The summed E-state index contributed by atoms with van der Waals surface area (Å²) in [7, 11) is 0. The van der Waals surface area contributed by atoms with E-state index in [-0.39, 0.29) is 11.6 Å². The monoisotopic (exact) mass is 348 g/mol. The second-order valence-corrected chi connectivity index (χ2v) is 7.75. The van der Waals surface area contributed by atoms with Crippen molar-refractivity contribution in [2.45, 2.75) is 66.0 Å². The molecular weight excluding hydrogens is 316 g/mol. The number of fused-ring (bicyclic) bond motifs is 1. The summed E-state index contributed by atoms with van der Waals surface area (Å²) in [4.78, 5) is 0. The number of rotatable bonds is 5. The Morgan fingerprint density at radius 3 is 2.38 bits per heavy atom. The number of nitrogens with one attached hydrogen (secondary N) is 2.